The lowest BCUT2D eigenvalue weighted by atomic mass is 9.97. The molecule has 4 rings (SSSR count). The highest BCUT2D eigenvalue weighted by molar-refractivity contribution is 6.21. The largest absolute Gasteiger partial charge is 0.458 e. The number of rotatable bonds is 2. The second-order valence-electron chi connectivity index (χ2n) is 6.55. The lowest BCUT2D eigenvalue weighted by Crippen LogP contribution is -2.24. The van der Waals surface area contributed by atoms with E-state index in [-0.39, 0.29) is 23.5 Å². The summed E-state index contributed by atoms with van der Waals surface area (Å²) in [6.45, 7) is 0. The van der Waals surface area contributed by atoms with Crippen LogP contribution in [-0.2, 0) is 4.74 Å². The normalized spacial score (nSPS) is 29.1. The summed E-state index contributed by atoms with van der Waals surface area (Å²) in [6.07, 6.45) is 4.53. The molecule has 3 unspecified atom stereocenters. The molecule has 5 nitrogen and oxygen atoms in total. The molecule has 2 amide bonds. The van der Waals surface area contributed by atoms with Crippen LogP contribution in [-0.4, -0.2) is 35.8 Å². The van der Waals surface area contributed by atoms with Gasteiger partial charge in [-0.3, -0.25) is 14.5 Å². The van der Waals surface area contributed by atoms with E-state index in [0.29, 0.717) is 23.0 Å². The Kier molecular flexibility index (Phi) is 2.86. The van der Waals surface area contributed by atoms with Gasteiger partial charge in [0, 0.05) is 7.05 Å². The Bertz CT molecular complexity index is 696. The van der Waals surface area contributed by atoms with E-state index in [2.05, 4.69) is 0 Å². The fourth-order valence-electron chi connectivity index (χ4n) is 4.02. The van der Waals surface area contributed by atoms with E-state index >= 15 is 0 Å². The van der Waals surface area contributed by atoms with Gasteiger partial charge < -0.3 is 4.74 Å². The molecule has 1 aliphatic heterocycles. The van der Waals surface area contributed by atoms with E-state index in [1.165, 1.54) is 32.0 Å². The molecular formula is C17H17NO4. The maximum atomic E-state index is 12.3. The number of hydrogen-bond donors (Lipinski definition) is 0. The van der Waals surface area contributed by atoms with Gasteiger partial charge in [-0.1, -0.05) is 0 Å². The molecule has 3 atom stereocenters. The zero-order valence-corrected chi connectivity index (χ0v) is 12.4. The summed E-state index contributed by atoms with van der Waals surface area (Å²) in [5, 5.41) is 0. The first kappa shape index (κ1) is 13.5. The van der Waals surface area contributed by atoms with Gasteiger partial charge in [-0.25, -0.2) is 4.79 Å². The smallest absolute Gasteiger partial charge is 0.338 e. The van der Waals surface area contributed by atoms with Crippen molar-refractivity contribution in [1.29, 1.82) is 0 Å². The van der Waals surface area contributed by atoms with Gasteiger partial charge in [0.05, 0.1) is 16.7 Å². The summed E-state index contributed by atoms with van der Waals surface area (Å²) >= 11 is 0. The van der Waals surface area contributed by atoms with Crippen molar-refractivity contribution < 1.29 is 19.1 Å². The summed E-state index contributed by atoms with van der Waals surface area (Å²) in [7, 11) is 1.44. The van der Waals surface area contributed by atoms with Crippen LogP contribution < -0.4 is 0 Å². The number of hydrogen-bond acceptors (Lipinski definition) is 4. The molecule has 1 aromatic rings. The van der Waals surface area contributed by atoms with Crippen LogP contribution in [0.15, 0.2) is 18.2 Å². The third-order valence-corrected chi connectivity index (χ3v) is 5.26. The number of ether oxygens (including phenoxy) is 1. The van der Waals surface area contributed by atoms with E-state index < -0.39 is 5.97 Å². The third-order valence-electron chi connectivity index (χ3n) is 5.26. The van der Waals surface area contributed by atoms with Gasteiger partial charge in [0.15, 0.2) is 0 Å². The molecule has 1 heterocycles. The van der Waals surface area contributed by atoms with Crippen molar-refractivity contribution in [3.05, 3.63) is 34.9 Å². The predicted molar refractivity (Wildman–Crippen MR) is 77.5 cm³/mol. The van der Waals surface area contributed by atoms with Crippen molar-refractivity contribution in [3.8, 4) is 0 Å². The van der Waals surface area contributed by atoms with Crippen LogP contribution in [0.5, 0.6) is 0 Å². The van der Waals surface area contributed by atoms with Crippen molar-refractivity contribution in [3.63, 3.8) is 0 Å². The number of nitrogens with zero attached hydrogens (tertiary/aromatic N) is 1. The van der Waals surface area contributed by atoms with Crippen LogP contribution in [0.1, 0.15) is 56.8 Å². The Labute approximate surface area is 128 Å². The van der Waals surface area contributed by atoms with Gasteiger partial charge in [-0.15, -0.1) is 0 Å². The number of amides is 2. The van der Waals surface area contributed by atoms with Gasteiger partial charge in [-0.05, 0) is 55.7 Å². The molecule has 2 fully saturated rings. The zero-order chi connectivity index (χ0) is 15.4. The second kappa shape index (κ2) is 4.66. The number of esters is 1. The van der Waals surface area contributed by atoms with E-state index in [9.17, 15) is 14.4 Å². The summed E-state index contributed by atoms with van der Waals surface area (Å²) in [5.41, 5.74) is 0.983. The highest BCUT2D eigenvalue weighted by atomic mass is 16.5. The Balaban J connectivity index is 1.55. The molecule has 0 spiro atoms. The molecule has 2 saturated carbocycles. The highest BCUT2D eigenvalue weighted by Gasteiger charge is 2.42. The summed E-state index contributed by atoms with van der Waals surface area (Å²) in [4.78, 5) is 37.2. The van der Waals surface area contributed by atoms with Crippen molar-refractivity contribution in [1.82, 2.24) is 4.90 Å². The molecular weight excluding hydrogens is 282 g/mol. The van der Waals surface area contributed by atoms with E-state index in [1.807, 2.05) is 0 Å². The van der Waals surface area contributed by atoms with Crippen LogP contribution in [0.25, 0.3) is 0 Å². The van der Waals surface area contributed by atoms with Crippen molar-refractivity contribution >= 4 is 17.8 Å². The lowest BCUT2D eigenvalue weighted by molar-refractivity contribution is 0.0158. The minimum atomic E-state index is -0.393. The summed E-state index contributed by atoms with van der Waals surface area (Å²) in [5.74, 6) is 0.117. The summed E-state index contributed by atoms with van der Waals surface area (Å²) in [6, 6.07) is 4.59. The van der Waals surface area contributed by atoms with Gasteiger partial charge in [0.1, 0.15) is 6.10 Å². The van der Waals surface area contributed by atoms with E-state index in [0.717, 1.165) is 17.7 Å². The fraction of sp³-hybridized carbons (Fsp3) is 0.471. The van der Waals surface area contributed by atoms with Gasteiger partial charge in [0.25, 0.3) is 11.8 Å². The fourth-order valence-corrected chi connectivity index (χ4v) is 4.02. The first-order valence-electron chi connectivity index (χ1n) is 7.72. The number of fused-ring (bicyclic) bond motifs is 3. The summed E-state index contributed by atoms with van der Waals surface area (Å²) < 4.78 is 5.63. The van der Waals surface area contributed by atoms with Crippen molar-refractivity contribution in [2.24, 2.45) is 11.8 Å². The first-order valence-corrected chi connectivity index (χ1v) is 7.72. The minimum Gasteiger partial charge on any atom is -0.458 e. The Hall–Kier alpha value is -2.17. The van der Waals surface area contributed by atoms with E-state index in [4.69, 9.17) is 4.74 Å². The Morgan fingerprint density at radius 3 is 2.59 bits per heavy atom. The predicted octanol–water partition coefficient (Wildman–Crippen LogP) is 2.26. The SMILES string of the molecule is CN1C(=O)c2ccc(C(=O)OC3CC4CCC3C4)cc2C1=O. The van der Waals surface area contributed by atoms with Crippen LogP contribution in [0.4, 0.5) is 0 Å². The topological polar surface area (TPSA) is 63.7 Å². The molecule has 22 heavy (non-hydrogen) atoms. The average molecular weight is 299 g/mol. The maximum absolute atomic E-state index is 12.3. The minimum absolute atomic E-state index is 0.0134. The maximum Gasteiger partial charge on any atom is 0.338 e. The van der Waals surface area contributed by atoms with Crippen LogP contribution in [0.3, 0.4) is 0 Å². The zero-order valence-electron chi connectivity index (χ0n) is 12.4. The number of carbonyl (C=O) groups is 3. The Morgan fingerprint density at radius 2 is 1.91 bits per heavy atom. The van der Waals surface area contributed by atoms with Crippen LogP contribution in [0.2, 0.25) is 0 Å². The number of benzene rings is 1. The molecule has 0 aromatic heterocycles. The molecule has 0 saturated heterocycles. The third kappa shape index (κ3) is 1.88. The Morgan fingerprint density at radius 1 is 1.14 bits per heavy atom. The standard InChI is InChI=1S/C17H17NO4/c1-18-15(19)12-5-4-11(8-13(12)16(18)20)17(21)22-14-7-9-2-3-10(14)6-9/h4-5,8-10,14H,2-3,6-7H2,1H3. The monoisotopic (exact) mass is 299 g/mol. The van der Waals surface area contributed by atoms with E-state index in [1.54, 1.807) is 6.07 Å². The number of carbonyl (C=O) groups excluding carboxylic acids is 3. The molecule has 1 aromatic carbocycles. The first-order chi connectivity index (χ1) is 10.5. The molecule has 5 heteroatoms. The average Bonchev–Trinajstić information content (AvgIpc) is 3.19. The lowest BCUT2D eigenvalue weighted by Gasteiger charge is -2.21. The molecule has 2 aliphatic carbocycles. The number of imide groups is 1. The molecule has 114 valence electrons. The van der Waals surface area contributed by atoms with Crippen molar-refractivity contribution in [2.45, 2.75) is 31.8 Å². The molecule has 3 aliphatic rings. The second-order valence-corrected chi connectivity index (χ2v) is 6.55. The van der Waals surface area contributed by atoms with Gasteiger partial charge in [-0.2, -0.15) is 0 Å². The highest BCUT2D eigenvalue weighted by Crippen LogP contribution is 2.46. The van der Waals surface area contributed by atoms with Gasteiger partial charge in [0.2, 0.25) is 0 Å². The van der Waals surface area contributed by atoms with Gasteiger partial charge >= 0.3 is 5.97 Å². The van der Waals surface area contributed by atoms with Crippen LogP contribution >= 0.6 is 0 Å². The molecule has 2 bridgehead atoms. The van der Waals surface area contributed by atoms with Crippen LogP contribution in [0, 0.1) is 11.8 Å². The quantitative estimate of drug-likeness (QED) is 0.620. The van der Waals surface area contributed by atoms with Crippen molar-refractivity contribution in [2.75, 3.05) is 7.05 Å². The molecule has 0 N–H and O–H groups in total. The molecule has 0 radical (unpaired) electrons.